The Bertz CT molecular complexity index is 780. The van der Waals surface area contributed by atoms with Crippen molar-refractivity contribution in [2.24, 2.45) is 20.0 Å². The van der Waals surface area contributed by atoms with Crippen LogP contribution in [0.25, 0.3) is 0 Å². The molecule has 2 atom stereocenters. The first-order valence-corrected chi connectivity index (χ1v) is 8.47. The van der Waals surface area contributed by atoms with E-state index in [4.69, 9.17) is 0 Å². The molecule has 0 spiro atoms. The van der Waals surface area contributed by atoms with Gasteiger partial charge in [-0.3, -0.25) is 19.0 Å². The van der Waals surface area contributed by atoms with Gasteiger partial charge in [0.1, 0.15) is 0 Å². The number of nitrogens with zero attached hydrogens (tertiary/aromatic N) is 6. The Balaban J connectivity index is 1.95. The molecule has 134 valence electrons. The number of carbonyl (C=O) groups excluding carboxylic acids is 2. The lowest BCUT2D eigenvalue weighted by Gasteiger charge is -2.41. The molecule has 8 heteroatoms. The van der Waals surface area contributed by atoms with Gasteiger partial charge in [0, 0.05) is 46.5 Å². The molecular formula is C17H24N6O2. The van der Waals surface area contributed by atoms with Gasteiger partial charge in [-0.15, -0.1) is 0 Å². The van der Waals surface area contributed by atoms with Crippen molar-refractivity contribution in [1.29, 1.82) is 0 Å². The van der Waals surface area contributed by atoms with Crippen LogP contribution in [0.4, 0.5) is 5.69 Å². The van der Waals surface area contributed by atoms with Crippen LogP contribution in [0, 0.1) is 5.92 Å². The molecule has 2 amide bonds. The molecule has 0 bridgehead atoms. The van der Waals surface area contributed by atoms with Gasteiger partial charge in [-0.25, -0.2) is 0 Å². The van der Waals surface area contributed by atoms with Gasteiger partial charge in [0.25, 0.3) is 0 Å². The fraction of sp³-hybridized carbons (Fsp3) is 0.529. The van der Waals surface area contributed by atoms with E-state index in [9.17, 15) is 9.59 Å². The Labute approximate surface area is 147 Å². The predicted molar refractivity (Wildman–Crippen MR) is 92.7 cm³/mol. The lowest BCUT2D eigenvalue weighted by atomic mass is 9.85. The molecule has 1 aliphatic heterocycles. The van der Waals surface area contributed by atoms with E-state index in [-0.39, 0.29) is 23.8 Å². The van der Waals surface area contributed by atoms with Crippen molar-refractivity contribution < 1.29 is 9.59 Å². The van der Waals surface area contributed by atoms with E-state index in [0.29, 0.717) is 19.4 Å². The third-order valence-electron chi connectivity index (χ3n) is 4.94. The van der Waals surface area contributed by atoms with Crippen LogP contribution in [0.2, 0.25) is 0 Å². The van der Waals surface area contributed by atoms with Crippen molar-refractivity contribution in [2.75, 3.05) is 18.5 Å². The van der Waals surface area contributed by atoms with Crippen molar-refractivity contribution in [3.05, 3.63) is 30.4 Å². The standard InChI is InChI=1S/C17H24N6O2/c1-5-23-15(24)7-6-13(16(23)14-8-9-18-22(14)4)17(25)21(3)12-10-19-20(2)11-12/h8-11,13,16H,5-7H2,1-4H3/t13-,16-/m0/s1. The molecule has 1 aliphatic rings. The van der Waals surface area contributed by atoms with Crippen LogP contribution in [0.5, 0.6) is 0 Å². The quantitative estimate of drug-likeness (QED) is 0.833. The number of piperidine rings is 1. The molecule has 0 N–H and O–H groups in total. The largest absolute Gasteiger partial charge is 0.334 e. The minimum absolute atomic E-state index is 0.00912. The molecule has 0 aromatic carbocycles. The molecule has 0 aliphatic carbocycles. The Morgan fingerprint density at radius 3 is 2.68 bits per heavy atom. The highest BCUT2D eigenvalue weighted by molar-refractivity contribution is 5.96. The first-order valence-electron chi connectivity index (χ1n) is 8.47. The number of amides is 2. The third-order valence-corrected chi connectivity index (χ3v) is 4.94. The van der Waals surface area contributed by atoms with Crippen molar-refractivity contribution in [1.82, 2.24) is 24.5 Å². The maximum atomic E-state index is 13.2. The summed E-state index contributed by atoms with van der Waals surface area (Å²) < 4.78 is 3.41. The van der Waals surface area contributed by atoms with E-state index < -0.39 is 0 Å². The van der Waals surface area contributed by atoms with Crippen molar-refractivity contribution in [2.45, 2.75) is 25.8 Å². The summed E-state index contributed by atoms with van der Waals surface area (Å²) in [5.41, 5.74) is 1.63. The minimum atomic E-state index is -0.307. The van der Waals surface area contributed by atoms with Gasteiger partial charge in [-0.2, -0.15) is 10.2 Å². The number of carbonyl (C=O) groups is 2. The molecule has 3 heterocycles. The molecule has 1 saturated heterocycles. The normalized spacial score (nSPS) is 20.8. The smallest absolute Gasteiger partial charge is 0.232 e. The summed E-state index contributed by atoms with van der Waals surface area (Å²) in [6, 6.07) is 1.58. The average Bonchev–Trinajstić information content (AvgIpc) is 3.21. The summed E-state index contributed by atoms with van der Waals surface area (Å²) in [7, 11) is 5.42. The van der Waals surface area contributed by atoms with E-state index in [1.807, 2.05) is 33.3 Å². The number of aromatic nitrogens is 4. The van der Waals surface area contributed by atoms with Crippen LogP contribution in [-0.4, -0.2) is 49.9 Å². The van der Waals surface area contributed by atoms with E-state index in [2.05, 4.69) is 10.2 Å². The van der Waals surface area contributed by atoms with Gasteiger partial charge in [0.2, 0.25) is 11.8 Å². The number of anilines is 1. The first kappa shape index (κ1) is 17.2. The second kappa shape index (κ2) is 6.70. The Kier molecular flexibility index (Phi) is 4.61. The molecule has 0 unspecified atom stereocenters. The summed E-state index contributed by atoms with van der Waals surface area (Å²) in [5, 5.41) is 8.36. The molecule has 1 fully saturated rings. The van der Waals surface area contributed by atoms with Gasteiger partial charge < -0.3 is 9.80 Å². The summed E-state index contributed by atoms with van der Waals surface area (Å²) in [5.74, 6) is -0.231. The molecule has 8 nitrogen and oxygen atoms in total. The number of aryl methyl sites for hydroxylation is 2. The van der Waals surface area contributed by atoms with Gasteiger partial charge in [0.05, 0.1) is 29.5 Å². The van der Waals surface area contributed by atoms with E-state index >= 15 is 0 Å². The monoisotopic (exact) mass is 344 g/mol. The fourth-order valence-corrected chi connectivity index (χ4v) is 3.58. The Hall–Kier alpha value is -2.64. The van der Waals surface area contributed by atoms with Gasteiger partial charge >= 0.3 is 0 Å². The lowest BCUT2D eigenvalue weighted by Crippen LogP contribution is -2.49. The highest BCUT2D eigenvalue weighted by Crippen LogP contribution is 2.37. The van der Waals surface area contributed by atoms with Crippen LogP contribution >= 0.6 is 0 Å². The molecule has 3 rings (SSSR count). The molecular weight excluding hydrogens is 320 g/mol. The number of hydrogen-bond acceptors (Lipinski definition) is 4. The van der Waals surface area contributed by atoms with Crippen molar-refractivity contribution in [3.8, 4) is 0 Å². The van der Waals surface area contributed by atoms with Gasteiger partial charge in [0.15, 0.2) is 0 Å². The van der Waals surface area contributed by atoms with Crippen molar-refractivity contribution in [3.63, 3.8) is 0 Å². The maximum Gasteiger partial charge on any atom is 0.232 e. The number of hydrogen-bond donors (Lipinski definition) is 0. The SMILES string of the molecule is CCN1C(=O)CC[C@H](C(=O)N(C)c2cnn(C)c2)[C@H]1c1ccnn1C. The van der Waals surface area contributed by atoms with Gasteiger partial charge in [-0.05, 0) is 19.4 Å². The topological polar surface area (TPSA) is 76.3 Å². The Morgan fingerprint density at radius 1 is 1.36 bits per heavy atom. The highest BCUT2D eigenvalue weighted by atomic mass is 16.2. The van der Waals surface area contributed by atoms with E-state index in [1.165, 1.54) is 0 Å². The van der Waals surface area contributed by atoms with E-state index in [0.717, 1.165) is 11.4 Å². The Morgan fingerprint density at radius 2 is 2.12 bits per heavy atom. The molecule has 25 heavy (non-hydrogen) atoms. The molecule has 0 saturated carbocycles. The van der Waals surface area contributed by atoms with Crippen LogP contribution < -0.4 is 4.90 Å². The molecule has 0 radical (unpaired) electrons. The molecule has 2 aromatic rings. The summed E-state index contributed by atoms with van der Waals surface area (Å²) in [6.07, 6.45) is 6.10. The average molecular weight is 344 g/mol. The predicted octanol–water partition coefficient (Wildman–Crippen LogP) is 1.12. The zero-order valence-electron chi connectivity index (χ0n) is 15.1. The maximum absolute atomic E-state index is 13.2. The van der Waals surface area contributed by atoms with Crippen LogP contribution in [-0.2, 0) is 23.7 Å². The number of likely N-dealkylation sites (tertiary alicyclic amines) is 1. The summed E-state index contributed by atoms with van der Waals surface area (Å²) in [4.78, 5) is 29.0. The van der Waals surface area contributed by atoms with Gasteiger partial charge in [-0.1, -0.05) is 0 Å². The molecule has 2 aromatic heterocycles. The van der Waals surface area contributed by atoms with Crippen LogP contribution in [0.3, 0.4) is 0 Å². The minimum Gasteiger partial charge on any atom is -0.334 e. The lowest BCUT2D eigenvalue weighted by molar-refractivity contribution is -0.142. The van der Waals surface area contributed by atoms with Crippen LogP contribution in [0.15, 0.2) is 24.7 Å². The van der Waals surface area contributed by atoms with E-state index in [1.54, 1.807) is 38.6 Å². The zero-order valence-corrected chi connectivity index (χ0v) is 15.1. The summed E-state index contributed by atoms with van der Waals surface area (Å²) >= 11 is 0. The zero-order chi connectivity index (χ0) is 18.1. The fourth-order valence-electron chi connectivity index (χ4n) is 3.58. The third kappa shape index (κ3) is 3.04. The van der Waals surface area contributed by atoms with Crippen LogP contribution in [0.1, 0.15) is 31.5 Å². The van der Waals surface area contributed by atoms with Crippen molar-refractivity contribution >= 4 is 17.5 Å². The first-order chi connectivity index (χ1) is 11.9. The second-order valence-corrected chi connectivity index (χ2v) is 6.42. The highest BCUT2D eigenvalue weighted by Gasteiger charge is 2.42. The second-order valence-electron chi connectivity index (χ2n) is 6.42. The number of rotatable bonds is 4. The summed E-state index contributed by atoms with van der Waals surface area (Å²) in [6.45, 7) is 2.51.